The zero-order valence-corrected chi connectivity index (χ0v) is 10.7. The Labute approximate surface area is 108 Å². The minimum absolute atomic E-state index is 0.402. The van der Waals surface area contributed by atoms with Crippen LogP contribution in [-0.2, 0) is 9.53 Å². The fraction of sp³-hybridized carbons (Fsp3) is 0.385. The molecule has 0 amide bonds. The number of hydrogen-bond donors (Lipinski definition) is 0. The first kappa shape index (κ1) is 15.2. The number of carbonyl (C=O) groups excluding carboxylic acids is 2. The van der Waals surface area contributed by atoms with Crippen LogP contribution >= 0.6 is 0 Å². The summed E-state index contributed by atoms with van der Waals surface area (Å²) in [7, 11) is 1.11. The van der Waals surface area contributed by atoms with Crippen molar-refractivity contribution in [2.45, 2.75) is 13.8 Å². The van der Waals surface area contributed by atoms with Crippen molar-refractivity contribution in [3.8, 4) is 0 Å². The number of Topliss-reactive ketones (excluding diaryl/α,β-unsaturated/α-hetero) is 1. The van der Waals surface area contributed by atoms with Gasteiger partial charge in [0.15, 0.2) is 23.2 Å². The van der Waals surface area contributed by atoms with Crippen molar-refractivity contribution in [1.82, 2.24) is 0 Å². The third kappa shape index (κ3) is 3.13. The predicted molar refractivity (Wildman–Crippen MR) is 61.0 cm³/mol. The van der Waals surface area contributed by atoms with E-state index < -0.39 is 46.6 Å². The van der Waals surface area contributed by atoms with Gasteiger partial charge in [0.25, 0.3) is 0 Å². The zero-order valence-electron chi connectivity index (χ0n) is 10.7. The number of rotatable bonds is 4. The standard InChI is InChI=1S/C13H13F3O3/c1-6(2)10(13(18)19-3)12(17)7-4-8(14)11(16)9(15)5-7/h4-6,10H,1-3H3. The number of benzene rings is 1. The zero-order chi connectivity index (χ0) is 14.7. The normalized spacial score (nSPS) is 12.4. The molecule has 0 heterocycles. The number of methoxy groups -OCH3 is 1. The van der Waals surface area contributed by atoms with Crippen molar-refractivity contribution < 1.29 is 27.5 Å². The highest BCUT2D eigenvalue weighted by molar-refractivity contribution is 6.08. The fourth-order valence-corrected chi connectivity index (χ4v) is 1.69. The Hall–Kier alpha value is -1.85. The van der Waals surface area contributed by atoms with Crippen molar-refractivity contribution in [1.29, 1.82) is 0 Å². The van der Waals surface area contributed by atoms with Crippen molar-refractivity contribution in [2.75, 3.05) is 7.11 Å². The average molecular weight is 274 g/mol. The van der Waals surface area contributed by atoms with Crippen LogP contribution in [-0.4, -0.2) is 18.9 Å². The first-order chi connectivity index (χ1) is 8.79. The average Bonchev–Trinajstić information content (AvgIpc) is 2.34. The van der Waals surface area contributed by atoms with Gasteiger partial charge in [-0.25, -0.2) is 13.2 Å². The second kappa shape index (κ2) is 5.86. The number of ketones is 1. The van der Waals surface area contributed by atoms with Crippen LogP contribution in [0.15, 0.2) is 12.1 Å². The lowest BCUT2D eigenvalue weighted by molar-refractivity contribution is -0.144. The molecule has 0 spiro atoms. The molecule has 0 saturated carbocycles. The molecule has 0 bridgehead atoms. The van der Waals surface area contributed by atoms with E-state index in [1.165, 1.54) is 0 Å². The minimum atomic E-state index is -1.66. The number of halogens is 3. The van der Waals surface area contributed by atoms with Gasteiger partial charge in [0.2, 0.25) is 0 Å². The van der Waals surface area contributed by atoms with Gasteiger partial charge in [-0.1, -0.05) is 13.8 Å². The summed E-state index contributed by atoms with van der Waals surface area (Å²) in [5.74, 6) is -7.82. The lowest BCUT2D eigenvalue weighted by Gasteiger charge is -2.17. The molecule has 1 aromatic carbocycles. The predicted octanol–water partition coefficient (Wildman–Crippen LogP) is 2.73. The minimum Gasteiger partial charge on any atom is -0.468 e. The molecule has 19 heavy (non-hydrogen) atoms. The fourth-order valence-electron chi connectivity index (χ4n) is 1.69. The lowest BCUT2D eigenvalue weighted by Crippen LogP contribution is -2.30. The lowest BCUT2D eigenvalue weighted by atomic mass is 9.88. The van der Waals surface area contributed by atoms with E-state index in [0.29, 0.717) is 12.1 Å². The monoisotopic (exact) mass is 274 g/mol. The van der Waals surface area contributed by atoms with Gasteiger partial charge in [0, 0.05) is 5.56 Å². The Bertz CT molecular complexity index is 489. The molecule has 6 heteroatoms. The smallest absolute Gasteiger partial charge is 0.316 e. The van der Waals surface area contributed by atoms with Crippen LogP contribution in [0.25, 0.3) is 0 Å². The molecule has 104 valence electrons. The summed E-state index contributed by atoms with van der Waals surface area (Å²) < 4.78 is 43.4. The molecule has 0 aliphatic heterocycles. The molecule has 1 unspecified atom stereocenters. The second-order valence-corrected chi connectivity index (χ2v) is 4.36. The molecule has 0 aliphatic carbocycles. The molecule has 1 rings (SSSR count). The van der Waals surface area contributed by atoms with E-state index in [0.717, 1.165) is 7.11 Å². The summed E-state index contributed by atoms with van der Waals surface area (Å²) in [5, 5.41) is 0. The summed E-state index contributed by atoms with van der Waals surface area (Å²) in [4.78, 5) is 23.5. The van der Waals surface area contributed by atoms with Crippen LogP contribution in [0.3, 0.4) is 0 Å². The molecule has 0 fully saturated rings. The van der Waals surface area contributed by atoms with Gasteiger partial charge in [0.05, 0.1) is 7.11 Å². The number of carbonyl (C=O) groups is 2. The number of esters is 1. The Morgan fingerprint density at radius 2 is 1.58 bits per heavy atom. The number of hydrogen-bond acceptors (Lipinski definition) is 3. The summed E-state index contributed by atoms with van der Waals surface area (Å²) in [6.45, 7) is 3.19. The molecule has 0 saturated heterocycles. The van der Waals surface area contributed by atoms with Crippen LogP contribution in [0.5, 0.6) is 0 Å². The van der Waals surface area contributed by atoms with E-state index in [1.54, 1.807) is 13.8 Å². The van der Waals surface area contributed by atoms with Crippen molar-refractivity contribution in [3.63, 3.8) is 0 Å². The first-order valence-corrected chi connectivity index (χ1v) is 5.56. The van der Waals surface area contributed by atoms with E-state index in [4.69, 9.17) is 0 Å². The van der Waals surface area contributed by atoms with Crippen molar-refractivity contribution >= 4 is 11.8 Å². The third-order valence-electron chi connectivity index (χ3n) is 2.67. The highest BCUT2D eigenvalue weighted by atomic mass is 19.2. The summed E-state index contributed by atoms with van der Waals surface area (Å²) in [5.41, 5.74) is -0.402. The van der Waals surface area contributed by atoms with Crippen LogP contribution in [0.4, 0.5) is 13.2 Å². The summed E-state index contributed by atoms with van der Waals surface area (Å²) in [6.07, 6.45) is 0. The third-order valence-corrected chi connectivity index (χ3v) is 2.67. The van der Waals surface area contributed by atoms with Gasteiger partial charge in [0.1, 0.15) is 5.92 Å². The maximum Gasteiger partial charge on any atom is 0.316 e. The van der Waals surface area contributed by atoms with E-state index in [9.17, 15) is 22.8 Å². The van der Waals surface area contributed by atoms with Gasteiger partial charge >= 0.3 is 5.97 Å². The van der Waals surface area contributed by atoms with Crippen molar-refractivity contribution in [2.24, 2.45) is 11.8 Å². The largest absolute Gasteiger partial charge is 0.468 e. The van der Waals surface area contributed by atoms with E-state index >= 15 is 0 Å². The first-order valence-electron chi connectivity index (χ1n) is 5.56. The SMILES string of the molecule is COC(=O)C(C(=O)c1cc(F)c(F)c(F)c1)C(C)C. The van der Waals surface area contributed by atoms with Gasteiger partial charge in [-0.3, -0.25) is 9.59 Å². The maximum absolute atomic E-state index is 13.1. The maximum atomic E-state index is 13.1. The molecular weight excluding hydrogens is 261 g/mol. The summed E-state index contributed by atoms with van der Waals surface area (Å²) in [6, 6.07) is 1.14. The van der Waals surface area contributed by atoms with E-state index in [-0.39, 0.29) is 0 Å². The molecule has 0 aliphatic rings. The molecule has 3 nitrogen and oxygen atoms in total. The van der Waals surface area contributed by atoms with Gasteiger partial charge in [-0.2, -0.15) is 0 Å². The molecule has 0 N–H and O–H groups in total. The van der Waals surface area contributed by atoms with Crippen LogP contribution in [0.2, 0.25) is 0 Å². The van der Waals surface area contributed by atoms with Gasteiger partial charge in [-0.05, 0) is 18.1 Å². The van der Waals surface area contributed by atoms with Crippen molar-refractivity contribution in [3.05, 3.63) is 35.1 Å². The molecule has 0 aromatic heterocycles. The molecule has 1 aromatic rings. The molecule has 0 radical (unpaired) electrons. The highest BCUT2D eigenvalue weighted by Gasteiger charge is 2.32. The number of ether oxygens (including phenoxy) is 1. The summed E-state index contributed by atoms with van der Waals surface area (Å²) >= 11 is 0. The Balaban J connectivity index is 3.21. The molecular formula is C13H13F3O3. The van der Waals surface area contributed by atoms with Gasteiger partial charge < -0.3 is 4.74 Å². The topological polar surface area (TPSA) is 43.4 Å². The Kier molecular flexibility index (Phi) is 4.69. The van der Waals surface area contributed by atoms with Crippen LogP contribution in [0, 0.1) is 29.3 Å². The molecule has 1 atom stereocenters. The quantitative estimate of drug-likeness (QED) is 0.367. The van der Waals surface area contributed by atoms with E-state index in [1.807, 2.05) is 0 Å². The highest BCUT2D eigenvalue weighted by Crippen LogP contribution is 2.21. The van der Waals surface area contributed by atoms with Gasteiger partial charge in [-0.15, -0.1) is 0 Å². The van der Waals surface area contributed by atoms with Crippen LogP contribution in [0.1, 0.15) is 24.2 Å². The van der Waals surface area contributed by atoms with Crippen LogP contribution < -0.4 is 0 Å². The second-order valence-electron chi connectivity index (χ2n) is 4.36. The Morgan fingerprint density at radius 3 is 1.95 bits per heavy atom. The Morgan fingerprint density at radius 1 is 1.11 bits per heavy atom. The van der Waals surface area contributed by atoms with E-state index in [2.05, 4.69) is 4.74 Å².